The molecule has 3 rings (SSSR count). The molecule has 0 aliphatic carbocycles. The van der Waals surface area contributed by atoms with Gasteiger partial charge >= 0.3 is 6.18 Å². The summed E-state index contributed by atoms with van der Waals surface area (Å²) in [7, 11) is 1.29. The van der Waals surface area contributed by atoms with E-state index in [2.05, 4.69) is 15.0 Å². The van der Waals surface area contributed by atoms with Crippen molar-refractivity contribution in [2.45, 2.75) is 18.9 Å². The van der Waals surface area contributed by atoms with Gasteiger partial charge in [0.15, 0.2) is 6.61 Å². The van der Waals surface area contributed by atoms with Gasteiger partial charge in [0.05, 0.1) is 23.3 Å². The van der Waals surface area contributed by atoms with Gasteiger partial charge in [-0.1, -0.05) is 0 Å². The van der Waals surface area contributed by atoms with Crippen LogP contribution in [0.3, 0.4) is 0 Å². The number of aliphatic hydroxyl groups is 1. The number of alkyl halides is 3. The number of aromatic nitrogens is 2. The van der Waals surface area contributed by atoms with Gasteiger partial charge in [-0.2, -0.15) is 13.2 Å². The first kappa shape index (κ1) is 24.9. The van der Waals surface area contributed by atoms with E-state index in [4.69, 9.17) is 4.74 Å². The summed E-state index contributed by atoms with van der Waals surface area (Å²) in [5, 5.41) is 12.5. The van der Waals surface area contributed by atoms with E-state index in [-0.39, 0.29) is 22.6 Å². The number of pyridine rings is 2. The van der Waals surface area contributed by atoms with E-state index in [1.807, 2.05) is 0 Å². The molecular weight excluding hydrogens is 462 g/mol. The van der Waals surface area contributed by atoms with Gasteiger partial charge in [0.2, 0.25) is 5.79 Å². The molecule has 0 aliphatic heterocycles. The average Bonchev–Trinajstić information content (AvgIpc) is 2.78. The Bertz CT molecular complexity index is 1240. The number of halogens is 4. The first-order valence-corrected chi connectivity index (χ1v) is 9.68. The smallest absolute Gasteiger partial charge is 0.422 e. The number of nitrogens with zero attached hydrogens (tertiary/aromatic N) is 2. The summed E-state index contributed by atoms with van der Waals surface area (Å²) >= 11 is 0. The molecule has 2 aromatic heterocycles. The fourth-order valence-electron chi connectivity index (χ4n) is 2.86. The van der Waals surface area contributed by atoms with Crippen LogP contribution in [0, 0.1) is 5.82 Å². The second kappa shape index (κ2) is 9.61. The number of benzene rings is 1. The molecule has 1 atom stereocenters. The molecule has 0 fully saturated rings. The molecule has 12 heteroatoms. The molecule has 0 bridgehead atoms. The van der Waals surface area contributed by atoms with Crippen molar-refractivity contribution in [2.24, 2.45) is 0 Å². The van der Waals surface area contributed by atoms with E-state index in [1.165, 1.54) is 50.7 Å². The average molecular weight is 481 g/mol. The second-order valence-corrected chi connectivity index (χ2v) is 7.19. The van der Waals surface area contributed by atoms with E-state index in [1.54, 1.807) is 0 Å². The number of rotatable bonds is 7. The molecule has 3 aromatic rings. The Morgan fingerprint density at radius 3 is 2.56 bits per heavy atom. The third kappa shape index (κ3) is 5.77. The maximum Gasteiger partial charge on any atom is 0.422 e. The minimum Gasteiger partial charge on any atom is -0.482 e. The Morgan fingerprint density at radius 1 is 1.21 bits per heavy atom. The fourth-order valence-corrected chi connectivity index (χ4v) is 2.86. The summed E-state index contributed by atoms with van der Waals surface area (Å²) in [6.45, 7) is -0.320. The van der Waals surface area contributed by atoms with Gasteiger partial charge in [-0.15, -0.1) is 0 Å². The molecule has 1 unspecified atom stereocenters. The lowest BCUT2D eigenvalue weighted by Crippen LogP contribution is -2.28. The van der Waals surface area contributed by atoms with Gasteiger partial charge < -0.3 is 19.9 Å². The van der Waals surface area contributed by atoms with Gasteiger partial charge in [-0.3, -0.25) is 19.1 Å². The highest BCUT2D eigenvalue weighted by Crippen LogP contribution is 2.26. The molecule has 0 radical (unpaired) electrons. The minimum atomic E-state index is -4.68. The van der Waals surface area contributed by atoms with Crippen molar-refractivity contribution in [2.75, 3.05) is 19.0 Å². The van der Waals surface area contributed by atoms with Crippen molar-refractivity contribution in [1.82, 2.24) is 9.55 Å². The zero-order chi connectivity index (χ0) is 25.1. The van der Waals surface area contributed by atoms with Gasteiger partial charge in [-0.25, -0.2) is 4.39 Å². The number of anilines is 1. The summed E-state index contributed by atoms with van der Waals surface area (Å²) in [6.07, 6.45) is -2.24. The van der Waals surface area contributed by atoms with Crippen LogP contribution in [-0.2, 0) is 10.5 Å². The number of carbonyl (C=O) groups excluding carboxylic acids is 1. The van der Waals surface area contributed by atoms with Crippen LogP contribution in [0.15, 0.2) is 59.7 Å². The van der Waals surface area contributed by atoms with Gasteiger partial charge in [0, 0.05) is 19.4 Å². The number of methoxy groups -OCH3 is 1. The highest BCUT2D eigenvalue weighted by molar-refractivity contribution is 6.03. The highest BCUT2D eigenvalue weighted by atomic mass is 19.4. The second-order valence-electron chi connectivity index (χ2n) is 7.19. The number of hydrogen-bond acceptors (Lipinski definition) is 6. The molecule has 2 heterocycles. The first-order chi connectivity index (χ1) is 15.9. The number of hydrogen-bond donors (Lipinski definition) is 2. The number of nitrogens with one attached hydrogen (secondary N) is 1. The third-order valence-electron chi connectivity index (χ3n) is 4.66. The first-order valence-electron chi connectivity index (χ1n) is 9.68. The Hall–Kier alpha value is -3.77. The highest BCUT2D eigenvalue weighted by Gasteiger charge is 2.29. The predicted molar refractivity (Wildman–Crippen MR) is 112 cm³/mol. The van der Waals surface area contributed by atoms with Crippen LogP contribution < -0.4 is 15.6 Å². The molecule has 0 aliphatic rings. The lowest BCUT2D eigenvalue weighted by atomic mass is 10.2. The number of ether oxygens (including phenoxy) is 2. The maximum atomic E-state index is 13.6. The summed E-state index contributed by atoms with van der Waals surface area (Å²) in [4.78, 5) is 29.6. The summed E-state index contributed by atoms with van der Waals surface area (Å²) in [6, 6.07) is 8.09. The molecule has 2 N–H and O–H groups in total. The van der Waals surface area contributed by atoms with E-state index in [0.717, 1.165) is 16.7 Å². The molecule has 0 spiro atoms. The van der Waals surface area contributed by atoms with Crippen LogP contribution in [0.2, 0.25) is 0 Å². The predicted octanol–water partition coefficient (Wildman–Crippen LogP) is 3.38. The van der Waals surface area contributed by atoms with Crippen LogP contribution >= 0.6 is 0 Å². The Balaban J connectivity index is 1.90. The van der Waals surface area contributed by atoms with Crippen LogP contribution in [0.5, 0.6) is 5.75 Å². The van der Waals surface area contributed by atoms with E-state index in [0.29, 0.717) is 6.07 Å². The lowest BCUT2D eigenvalue weighted by Gasteiger charge is -2.20. The zero-order valence-corrected chi connectivity index (χ0v) is 17.9. The molecule has 34 heavy (non-hydrogen) atoms. The van der Waals surface area contributed by atoms with Crippen LogP contribution in [0.4, 0.5) is 23.2 Å². The minimum absolute atomic E-state index is 0.178. The largest absolute Gasteiger partial charge is 0.482 e. The maximum absolute atomic E-state index is 13.6. The van der Waals surface area contributed by atoms with E-state index >= 15 is 0 Å². The van der Waals surface area contributed by atoms with Crippen LogP contribution in [0.25, 0.3) is 5.69 Å². The topological polar surface area (TPSA) is 103 Å². The van der Waals surface area contributed by atoms with Gasteiger partial charge in [0.1, 0.15) is 17.1 Å². The van der Waals surface area contributed by atoms with Crippen LogP contribution in [-0.4, -0.2) is 40.5 Å². The summed E-state index contributed by atoms with van der Waals surface area (Å²) in [5.41, 5.74) is -1.03. The standard InChI is InChI=1S/C22H19F4N3O5/c1-21(32,33-2)18-8-6-14(11-27-18)28-19(30)15-4-3-9-29(20(15)31)16-7-5-13(23)10-17(16)34-12-22(24,25)26/h3-11,32H,12H2,1-2H3,(H,28,30). The summed E-state index contributed by atoms with van der Waals surface area (Å²) in [5.74, 6) is -3.86. The summed E-state index contributed by atoms with van der Waals surface area (Å²) < 4.78 is 61.8. The zero-order valence-electron chi connectivity index (χ0n) is 17.9. The van der Waals surface area contributed by atoms with Gasteiger partial charge in [0.25, 0.3) is 11.5 Å². The lowest BCUT2D eigenvalue weighted by molar-refractivity contribution is -0.181. The molecular formula is C22H19F4N3O5. The molecule has 0 saturated carbocycles. The van der Waals surface area contributed by atoms with E-state index in [9.17, 15) is 32.3 Å². The van der Waals surface area contributed by atoms with Crippen LogP contribution in [0.1, 0.15) is 23.0 Å². The molecule has 8 nitrogen and oxygen atoms in total. The van der Waals surface area contributed by atoms with Crippen molar-refractivity contribution in [1.29, 1.82) is 0 Å². The molecule has 180 valence electrons. The molecule has 0 saturated heterocycles. The number of amides is 1. The SMILES string of the molecule is COC(C)(O)c1ccc(NC(=O)c2cccn(-c3ccc(F)cc3OCC(F)(F)F)c2=O)cn1. The van der Waals surface area contributed by atoms with Crippen molar-refractivity contribution >= 4 is 11.6 Å². The Labute approximate surface area is 190 Å². The third-order valence-corrected chi connectivity index (χ3v) is 4.66. The quantitative estimate of drug-likeness (QED) is 0.396. The number of carbonyl (C=O) groups is 1. The molecule has 1 amide bonds. The monoisotopic (exact) mass is 481 g/mol. The van der Waals surface area contributed by atoms with Crippen molar-refractivity contribution in [3.05, 3.63) is 82.3 Å². The van der Waals surface area contributed by atoms with Crippen molar-refractivity contribution in [3.8, 4) is 11.4 Å². The Morgan fingerprint density at radius 2 is 1.94 bits per heavy atom. The van der Waals surface area contributed by atoms with Crippen molar-refractivity contribution < 1.29 is 36.9 Å². The van der Waals surface area contributed by atoms with Crippen molar-refractivity contribution in [3.63, 3.8) is 0 Å². The normalized spacial score (nSPS) is 13.3. The van der Waals surface area contributed by atoms with E-state index < -0.39 is 41.6 Å². The fraction of sp³-hybridized carbons (Fsp3) is 0.227. The van der Waals surface area contributed by atoms with Gasteiger partial charge in [-0.05, 0) is 43.3 Å². The molecule has 1 aromatic carbocycles. The Kier molecular flexibility index (Phi) is 7.03.